The summed E-state index contributed by atoms with van der Waals surface area (Å²) in [6.45, 7) is 5.15. The van der Waals surface area contributed by atoms with Crippen LogP contribution in [0.4, 0.5) is 0 Å². The zero-order chi connectivity index (χ0) is 18.2. The second-order valence-corrected chi connectivity index (χ2v) is 6.32. The van der Waals surface area contributed by atoms with Gasteiger partial charge in [0.1, 0.15) is 11.3 Å². The molecule has 1 aromatic rings. The monoisotopic (exact) mass is 388 g/mol. The lowest BCUT2D eigenvalue weighted by Crippen LogP contribution is -2.39. The topological polar surface area (TPSA) is 81.0 Å². The van der Waals surface area contributed by atoms with E-state index in [1.165, 1.54) is 0 Å². The number of piperidine rings is 1. The zero-order valence-electron chi connectivity index (χ0n) is 15.7. The van der Waals surface area contributed by atoms with Gasteiger partial charge in [0.25, 0.3) is 5.91 Å². The van der Waals surface area contributed by atoms with Crippen LogP contribution in [0.2, 0.25) is 0 Å². The third-order valence-corrected chi connectivity index (χ3v) is 4.50. The quantitative estimate of drug-likeness (QED) is 0.728. The Labute approximate surface area is 160 Å². The summed E-state index contributed by atoms with van der Waals surface area (Å²) >= 11 is 0. The number of methoxy groups -OCH3 is 2. The van der Waals surface area contributed by atoms with Gasteiger partial charge in [0, 0.05) is 39.8 Å². The van der Waals surface area contributed by atoms with E-state index in [2.05, 4.69) is 5.32 Å². The lowest BCUT2D eigenvalue weighted by Gasteiger charge is -2.24. The molecular weight excluding hydrogens is 360 g/mol. The van der Waals surface area contributed by atoms with Gasteiger partial charge in [-0.1, -0.05) is 0 Å². The summed E-state index contributed by atoms with van der Waals surface area (Å²) in [5.74, 6) is 0.502. The van der Waals surface area contributed by atoms with Crippen molar-refractivity contribution in [3.63, 3.8) is 0 Å². The smallest absolute Gasteiger partial charge is 0.349 e. The van der Waals surface area contributed by atoms with Gasteiger partial charge in [0.15, 0.2) is 0 Å². The molecular formula is C18H29ClN2O5. The van der Waals surface area contributed by atoms with E-state index in [9.17, 15) is 9.59 Å². The minimum absolute atomic E-state index is 0. The highest BCUT2D eigenvalue weighted by molar-refractivity contribution is 5.95. The van der Waals surface area contributed by atoms with Gasteiger partial charge in [0.2, 0.25) is 0 Å². The van der Waals surface area contributed by atoms with E-state index >= 15 is 0 Å². The van der Waals surface area contributed by atoms with E-state index in [-0.39, 0.29) is 29.8 Å². The first-order valence-corrected chi connectivity index (χ1v) is 8.71. The number of aryl methyl sites for hydroxylation is 1. The number of nitrogens with one attached hydrogen (secondary N) is 1. The Balaban J connectivity index is 0.00000338. The second kappa shape index (κ2) is 11.3. The highest BCUT2D eigenvalue weighted by Gasteiger charge is 2.25. The average molecular weight is 389 g/mol. The molecule has 0 bridgehead atoms. The van der Waals surface area contributed by atoms with Crippen LogP contribution in [0.3, 0.4) is 0 Å². The van der Waals surface area contributed by atoms with E-state index in [1.54, 1.807) is 26.0 Å². The van der Waals surface area contributed by atoms with Crippen LogP contribution >= 0.6 is 12.4 Å². The number of ether oxygens (including phenoxy) is 2. The van der Waals surface area contributed by atoms with Crippen molar-refractivity contribution in [3.05, 3.63) is 33.4 Å². The van der Waals surface area contributed by atoms with Crippen LogP contribution in [0.15, 0.2) is 15.3 Å². The molecule has 0 aliphatic carbocycles. The van der Waals surface area contributed by atoms with E-state index in [1.807, 2.05) is 6.07 Å². The molecule has 1 fully saturated rings. The van der Waals surface area contributed by atoms with Gasteiger partial charge in [0.05, 0.1) is 13.2 Å². The Morgan fingerprint density at radius 3 is 2.46 bits per heavy atom. The van der Waals surface area contributed by atoms with Crippen LogP contribution in [0, 0.1) is 6.92 Å². The highest BCUT2D eigenvalue weighted by atomic mass is 35.5. The molecule has 8 heteroatoms. The molecule has 0 saturated carbocycles. The summed E-state index contributed by atoms with van der Waals surface area (Å²) in [7, 11) is 3.15. The summed E-state index contributed by atoms with van der Waals surface area (Å²) < 4.78 is 15.6. The van der Waals surface area contributed by atoms with Crippen molar-refractivity contribution in [2.24, 2.45) is 0 Å². The second-order valence-electron chi connectivity index (χ2n) is 6.32. The third-order valence-electron chi connectivity index (χ3n) is 4.50. The summed E-state index contributed by atoms with van der Waals surface area (Å²) in [5, 5.41) is 3.31. The summed E-state index contributed by atoms with van der Waals surface area (Å²) in [4.78, 5) is 26.9. The number of carbonyl (C=O) groups is 1. The largest absolute Gasteiger partial charge is 0.427 e. The Kier molecular flexibility index (Phi) is 9.87. The number of rotatable bonds is 8. The molecule has 2 rings (SSSR count). The fourth-order valence-corrected chi connectivity index (χ4v) is 3.06. The molecule has 1 aliphatic rings. The molecule has 7 nitrogen and oxygen atoms in total. The SMILES string of the molecule is COCCN(CCOC)C(=O)c1c(C)cc(C2CCCNC2)oc1=O.Cl. The van der Waals surface area contributed by atoms with Gasteiger partial charge in [-0.25, -0.2) is 4.79 Å². The maximum Gasteiger partial charge on any atom is 0.349 e. The number of hydrogen-bond donors (Lipinski definition) is 1. The van der Waals surface area contributed by atoms with Gasteiger partial charge in [-0.05, 0) is 37.9 Å². The van der Waals surface area contributed by atoms with Crippen LogP contribution < -0.4 is 10.9 Å². The minimum atomic E-state index is -0.564. The van der Waals surface area contributed by atoms with Crippen LogP contribution in [0.25, 0.3) is 0 Å². The molecule has 2 heterocycles. The third kappa shape index (κ3) is 5.81. The summed E-state index contributed by atoms with van der Waals surface area (Å²) in [5.41, 5.74) is 0.187. The summed E-state index contributed by atoms with van der Waals surface area (Å²) in [6.07, 6.45) is 2.03. The molecule has 0 spiro atoms. The normalized spacial score (nSPS) is 16.8. The van der Waals surface area contributed by atoms with Crippen LogP contribution in [0.5, 0.6) is 0 Å². The first-order chi connectivity index (χ1) is 12.1. The fourth-order valence-electron chi connectivity index (χ4n) is 3.06. The number of carbonyl (C=O) groups excluding carboxylic acids is 1. The number of nitrogens with zero attached hydrogens (tertiary/aromatic N) is 1. The first-order valence-electron chi connectivity index (χ1n) is 8.71. The van der Waals surface area contributed by atoms with Crippen molar-refractivity contribution in [2.75, 3.05) is 53.6 Å². The van der Waals surface area contributed by atoms with Crippen molar-refractivity contribution in [3.8, 4) is 0 Å². The molecule has 148 valence electrons. The summed E-state index contributed by atoms with van der Waals surface area (Å²) in [6, 6.07) is 1.83. The molecule has 1 atom stereocenters. The Bertz CT molecular complexity index is 620. The van der Waals surface area contributed by atoms with Crippen molar-refractivity contribution >= 4 is 18.3 Å². The van der Waals surface area contributed by atoms with Crippen molar-refractivity contribution < 1.29 is 18.7 Å². The number of amides is 1. The standard InChI is InChI=1S/C18H28N2O5.ClH/c1-13-11-15(14-5-4-6-19-12-14)25-18(22)16(13)17(21)20(7-9-23-2)8-10-24-3;/h11,14,19H,4-10,12H2,1-3H3;1H. The molecule has 1 saturated heterocycles. The molecule has 1 N–H and O–H groups in total. The van der Waals surface area contributed by atoms with E-state index in [4.69, 9.17) is 13.9 Å². The first kappa shape index (κ1) is 22.6. The van der Waals surface area contributed by atoms with Gasteiger partial charge in [-0.3, -0.25) is 4.79 Å². The predicted octanol–water partition coefficient (Wildman–Crippen LogP) is 1.57. The van der Waals surface area contributed by atoms with E-state index in [0.717, 1.165) is 25.9 Å². The molecule has 26 heavy (non-hydrogen) atoms. The number of halogens is 1. The van der Waals surface area contributed by atoms with Crippen LogP contribution in [0.1, 0.15) is 40.4 Å². The zero-order valence-corrected chi connectivity index (χ0v) is 16.5. The Morgan fingerprint density at radius 1 is 1.31 bits per heavy atom. The van der Waals surface area contributed by atoms with Crippen LogP contribution in [-0.2, 0) is 9.47 Å². The van der Waals surface area contributed by atoms with Gasteiger partial charge in [-0.15, -0.1) is 12.4 Å². The maximum atomic E-state index is 12.8. The molecule has 1 aliphatic heterocycles. The molecule has 0 radical (unpaired) electrons. The van der Waals surface area contributed by atoms with Gasteiger partial charge in [-0.2, -0.15) is 0 Å². The van der Waals surface area contributed by atoms with Crippen molar-refractivity contribution in [2.45, 2.75) is 25.7 Å². The average Bonchev–Trinajstić information content (AvgIpc) is 2.62. The Hall–Kier alpha value is -1.41. The van der Waals surface area contributed by atoms with Gasteiger partial charge < -0.3 is 24.1 Å². The van der Waals surface area contributed by atoms with Gasteiger partial charge >= 0.3 is 5.63 Å². The van der Waals surface area contributed by atoms with Crippen LogP contribution in [-0.4, -0.2) is 64.4 Å². The van der Waals surface area contributed by atoms with E-state index < -0.39 is 5.63 Å². The maximum absolute atomic E-state index is 12.8. The molecule has 1 aromatic heterocycles. The highest BCUT2D eigenvalue weighted by Crippen LogP contribution is 2.23. The van der Waals surface area contributed by atoms with Crippen molar-refractivity contribution in [1.82, 2.24) is 10.2 Å². The predicted molar refractivity (Wildman–Crippen MR) is 101 cm³/mol. The lowest BCUT2D eigenvalue weighted by atomic mass is 9.95. The lowest BCUT2D eigenvalue weighted by molar-refractivity contribution is 0.0621. The molecule has 1 unspecified atom stereocenters. The fraction of sp³-hybridized carbons (Fsp3) is 0.667. The van der Waals surface area contributed by atoms with Crippen molar-refractivity contribution in [1.29, 1.82) is 0 Å². The molecule has 0 aromatic carbocycles. The molecule has 1 amide bonds. The minimum Gasteiger partial charge on any atom is -0.427 e. The number of hydrogen-bond acceptors (Lipinski definition) is 6. The van der Waals surface area contributed by atoms with E-state index in [0.29, 0.717) is 37.6 Å². The Morgan fingerprint density at radius 2 is 1.96 bits per heavy atom.